The van der Waals surface area contributed by atoms with E-state index in [1.54, 1.807) is 23.6 Å². The quantitative estimate of drug-likeness (QED) is 0.368. The molecule has 3 saturated heterocycles. The van der Waals surface area contributed by atoms with E-state index in [-0.39, 0.29) is 34.4 Å². The molecule has 10 heteroatoms. The van der Waals surface area contributed by atoms with E-state index in [9.17, 15) is 19.5 Å². The molecule has 0 aliphatic carbocycles. The number of rotatable bonds is 10. The Bertz CT molecular complexity index is 991. The van der Waals surface area contributed by atoms with E-state index in [1.807, 2.05) is 31.2 Å². The lowest BCUT2D eigenvalue weighted by Gasteiger charge is -2.36. The van der Waals surface area contributed by atoms with Gasteiger partial charge in [0.05, 0.1) is 29.2 Å². The Morgan fingerprint density at radius 2 is 1.89 bits per heavy atom. The van der Waals surface area contributed by atoms with Crippen molar-refractivity contribution in [1.82, 2.24) is 10.2 Å². The molecule has 36 heavy (non-hydrogen) atoms. The molecule has 3 heterocycles. The molecule has 7 atom stereocenters. The molecule has 4 rings (SSSR count). The van der Waals surface area contributed by atoms with Gasteiger partial charge in [0.1, 0.15) is 6.04 Å². The second-order valence-electron chi connectivity index (χ2n) is 9.94. The number of aliphatic hydroxyl groups is 1. The van der Waals surface area contributed by atoms with Crippen LogP contribution in [0.2, 0.25) is 0 Å². The van der Waals surface area contributed by atoms with Gasteiger partial charge in [0.2, 0.25) is 17.7 Å². The average molecular weight is 582 g/mol. The van der Waals surface area contributed by atoms with Gasteiger partial charge in [-0.25, -0.2) is 0 Å². The number of halogens is 1. The predicted molar refractivity (Wildman–Crippen MR) is 148 cm³/mol. The molecule has 0 saturated carbocycles. The number of carbonyl (C=O) groups excluding carboxylic acids is 3. The number of hydrogen-bond donors (Lipinski definition) is 3. The number of likely N-dealkylation sites (tertiary alicyclic amines) is 1. The molecule has 3 aliphatic rings. The zero-order valence-electron chi connectivity index (χ0n) is 21.4. The molecule has 3 amide bonds. The van der Waals surface area contributed by atoms with Crippen LogP contribution < -0.4 is 15.5 Å². The number of alkyl halides is 1. The van der Waals surface area contributed by atoms with Crippen LogP contribution in [-0.4, -0.2) is 80.9 Å². The lowest BCUT2D eigenvalue weighted by molar-refractivity contribution is -0.141. The summed E-state index contributed by atoms with van der Waals surface area (Å²) in [5.41, 5.74) is 1.74. The molecule has 1 spiro atoms. The van der Waals surface area contributed by atoms with E-state index in [0.717, 1.165) is 25.2 Å². The summed E-state index contributed by atoms with van der Waals surface area (Å²) < 4.78 is -0.723. The highest BCUT2D eigenvalue weighted by Crippen LogP contribution is 2.68. The Balaban J connectivity index is 1.65. The van der Waals surface area contributed by atoms with Gasteiger partial charge in [-0.3, -0.25) is 14.4 Å². The number of aliphatic hydroxyl groups excluding tert-OH is 1. The molecule has 1 aromatic rings. The number of amides is 3. The summed E-state index contributed by atoms with van der Waals surface area (Å²) in [6.07, 6.45) is 1.42. The van der Waals surface area contributed by atoms with E-state index >= 15 is 0 Å². The van der Waals surface area contributed by atoms with Crippen molar-refractivity contribution in [2.45, 2.75) is 67.4 Å². The van der Waals surface area contributed by atoms with Gasteiger partial charge < -0.3 is 25.5 Å². The summed E-state index contributed by atoms with van der Waals surface area (Å²) >= 11 is 5.36. The molecule has 8 nitrogen and oxygen atoms in total. The second-order valence-corrected chi connectivity index (χ2v) is 12.7. The minimum Gasteiger partial charge on any atom is -0.394 e. The van der Waals surface area contributed by atoms with E-state index in [0.29, 0.717) is 18.7 Å². The van der Waals surface area contributed by atoms with Gasteiger partial charge in [-0.15, -0.1) is 11.8 Å². The second kappa shape index (κ2) is 10.9. The van der Waals surface area contributed by atoms with Crippen molar-refractivity contribution in [2.24, 2.45) is 11.8 Å². The third-order valence-electron chi connectivity index (χ3n) is 7.83. The zero-order chi connectivity index (χ0) is 26.2. The van der Waals surface area contributed by atoms with Crippen LogP contribution in [0.1, 0.15) is 40.5 Å². The van der Waals surface area contributed by atoms with Gasteiger partial charge in [0, 0.05) is 41.1 Å². The van der Waals surface area contributed by atoms with E-state index in [4.69, 9.17) is 0 Å². The highest BCUT2D eigenvalue weighted by atomic mass is 79.9. The van der Waals surface area contributed by atoms with Crippen molar-refractivity contribution in [1.29, 1.82) is 0 Å². The average Bonchev–Trinajstić information content (AvgIpc) is 3.47. The van der Waals surface area contributed by atoms with E-state index in [2.05, 4.69) is 45.3 Å². The smallest absolute Gasteiger partial charge is 0.248 e. The van der Waals surface area contributed by atoms with Crippen molar-refractivity contribution in [3.05, 3.63) is 24.3 Å². The van der Waals surface area contributed by atoms with E-state index in [1.165, 1.54) is 0 Å². The van der Waals surface area contributed by atoms with Gasteiger partial charge >= 0.3 is 0 Å². The number of fused-ring (bicyclic) bond motifs is 1. The van der Waals surface area contributed by atoms with E-state index < -0.39 is 28.7 Å². The maximum absolute atomic E-state index is 13.9. The molecular formula is C26H37BrN4O4S. The first-order valence-electron chi connectivity index (χ1n) is 12.9. The Kier molecular flexibility index (Phi) is 8.26. The van der Waals surface area contributed by atoms with Crippen LogP contribution in [0.5, 0.6) is 0 Å². The van der Waals surface area contributed by atoms with Crippen LogP contribution in [0.4, 0.5) is 11.4 Å². The number of hydrogen-bond acceptors (Lipinski definition) is 6. The normalized spacial score (nSPS) is 31.3. The summed E-state index contributed by atoms with van der Waals surface area (Å²) in [6, 6.07) is 6.41. The molecule has 198 valence electrons. The first-order chi connectivity index (χ1) is 17.2. The number of nitrogens with zero attached hydrogens (tertiary/aromatic N) is 2. The van der Waals surface area contributed by atoms with Crippen LogP contribution >= 0.6 is 27.7 Å². The van der Waals surface area contributed by atoms with Crippen molar-refractivity contribution >= 4 is 56.8 Å². The topological polar surface area (TPSA) is 102 Å². The lowest BCUT2D eigenvalue weighted by Crippen LogP contribution is -2.55. The molecular weight excluding hydrogens is 544 g/mol. The summed E-state index contributed by atoms with van der Waals surface area (Å²) in [5.74, 6) is -1.70. The van der Waals surface area contributed by atoms with Crippen LogP contribution in [0, 0.1) is 11.8 Å². The summed E-state index contributed by atoms with van der Waals surface area (Å²) in [6.45, 7) is 10.0. The summed E-state index contributed by atoms with van der Waals surface area (Å²) in [5, 5.41) is 15.9. The highest BCUT2D eigenvalue weighted by molar-refractivity contribution is 9.09. The number of anilines is 2. The number of thioether (sulfide) groups is 1. The van der Waals surface area contributed by atoms with Gasteiger partial charge in [0.25, 0.3) is 0 Å². The zero-order valence-corrected chi connectivity index (χ0v) is 23.8. The largest absolute Gasteiger partial charge is 0.394 e. The Morgan fingerprint density at radius 1 is 1.22 bits per heavy atom. The fraction of sp³-hybridized carbons (Fsp3) is 0.654. The monoisotopic (exact) mass is 580 g/mol. The third kappa shape index (κ3) is 4.43. The fourth-order valence-electron chi connectivity index (χ4n) is 6.15. The fourth-order valence-corrected chi connectivity index (χ4v) is 9.75. The molecule has 0 radical (unpaired) electrons. The maximum atomic E-state index is 13.9. The number of benzene rings is 1. The maximum Gasteiger partial charge on any atom is 0.248 e. The summed E-state index contributed by atoms with van der Waals surface area (Å²) in [4.78, 5) is 44.7. The van der Waals surface area contributed by atoms with Crippen LogP contribution in [-0.2, 0) is 14.4 Å². The van der Waals surface area contributed by atoms with Gasteiger partial charge in [0.15, 0.2) is 0 Å². The molecule has 3 unspecified atom stereocenters. The molecule has 3 fully saturated rings. The number of carbonyl (C=O) groups is 3. The Labute approximate surface area is 226 Å². The Hall–Kier alpha value is -1.78. The third-order valence-corrected chi connectivity index (χ3v) is 11.0. The molecule has 1 aromatic carbocycles. The predicted octanol–water partition coefficient (Wildman–Crippen LogP) is 2.84. The molecule has 3 aliphatic heterocycles. The minimum absolute atomic E-state index is 0.0250. The number of nitrogens with one attached hydrogen (secondary N) is 2. The van der Waals surface area contributed by atoms with Crippen LogP contribution in [0.15, 0.2) is 24.3 Å². The lowest BCUT2D eigenvalue weighted by atomic mass is 9.70. The van der Waals surface area contributed by atoms with Crippen molar-refractivity contribution in [2.75, 3.05) is 36.5 Å². The summed E-state index contributed by atoms with van der Waals surface area (Å²) in [7, 11) is 0. The highest BCUT2D eigenvalue weighted by Gasteiger charge is 2.75. The van der Waals surface area contributed by atoms with Crippen LogP contribution in [0.25, 0.3) is 0 Å². The standard InChI is InChI=1S/C26H37BrN4O4S/c1-5-12-28-23(33)19-20-25(35)31(15(4)14-32)22(26(20)13-18(27)21(19)36-26)24(34)29-16-8-10-17(11-9-16)30(6-2)7-3/h8-11,15,18-22,32H,5-7,12-14H2,1-4H3,(H,28,33)(H,29,34)/t15-,18?,19+,20+,21+,22?,26?/m1/s1. The first-order valence-corrected chi connectivity index (χ1v) is 14.7. The molecule has 3 N–H and O–H groups in total. The van der Waals surface area contributed by atoms with Crippen molar-refractivity contribution in [3.8, 4) is 0 Å². The van der Waals surface area contributed by atoms with Gasteiger partial charge in [-0.1, -0.05) is 22.9 Å². The van der Waals surface area contributed by atoms with Crippen molar-refractivity contribution in [3.63, 3.8) is 0 Å². The molecule has 0 aromatic heterocycles. The van der Waals surface area contributed by atoms with Crippen LogP contribution in [0.3, 0.4) is 0 Å². The SMILES string of the molecule is CCCNC(=O)[C@H]1[C@H]2C(=O)N([C@H](C)CO)C(C(=O)Nc3ccc(N(CC)CC)cc3)C23CC(Br)[C@@H]1S3. The first kappa shape index (κ1) is 27.3. The van der Waals surface area contributed by atoms with Gasteiger partial charge in [-0.2, -0.15) is 0 Å². The van der Waals surface area contributed by atoms with Crippen molar-refractivity contribution < 1.29 is 19.5 Å². The Morgan fingerprint density at radius 3 is 2.47 bits per heavy atom. The molecule has 2 bridgehead atoms. The minimum atomic E-state index is -0.779. The van der Waals surface area contributed by atoms with Gasteiger partial charge in [-0.05, 0) is 57.9 Å².